The first-order valence-corrected chi connectivity index (χ1v) is 18.2. The molecule has 0 amide bonds. The molecule has 0 spiro atoms. The first-order chi connectivity index (χ1) is 36.0. The number of aryl methyl sites for hydroxylation is 1. The van der Waals surface area contributed by atoms with E-state index in [2.05, 4.69) is 11.1 Å². The zero-order valence-corrected chi connectivity index (χ0v) is 33.2. The van der Waals surface area contributed by atoms with Crippen LogP contribution in [0.15, 0.2) is 170 Å². The van der Waals surface area contributed by atoms with Crippen molar-refractivity contribution in [1.82, 2.24) is 14.5 Å². The molecule has 2 aromatic heterocycles. The number of para-hydroxylation sites is 2. The average molecular weight is 965 g/mol. The first-order valence-electron chi connectivity index (χ1n) is 27.7. The summed E-state index contributed by atoms with van der Waals surface area (Å²) in [5.41, 5.74) is -1.47. The third-order valence-electron chi connectivity index (χ3n) is 9.89. The van der Waals surface area contributed by atoms with Crippen LogP contribution >= 0.6 is 0 Å². The second kappa shape index (κ2) is 16.1. The summed E-state index contributed by atoms with van der Waals surface area (Å²) in [7, 11) is 0. The zero-order valence-electron chi connectivity index (χ0n) is 50.0. The minimum absolute atomic E-state index is 0. The van der Waals surface area contributed by atoms with E-state index in [0.29, 0.717) is 38.9 Å². The van der Waals surface area contributed by atoms with Gasteiger partial charge in [0, 0.05) is 59.2 Å². The number of aromatic hydroxyl groups is 1. The van der Waals surface area contributed by atoms with E-state index in [4.69, 9.17) is 31.0 Å². The van der Waals surface area contributed by atoms with Gasteiger partial charge in [-0.25, -0.2) is 4.98 Å². The van der Waals surface area contributed by atoms with Crippen molar-refractivity contribution in [2.45, 2.75) is 39.7 Å². The molecule has 7 aromatic carbocycles. The standard InChI is InChI=1S/C54H44N3O.Pt/c1-35-29-45(34-48(36(35)2)39-17-10-7-11-18-39)57-50-21-14-20-46(52(50)56-53(57)47-19-12-13-22-51(47)58)42-30-41(37-15-8-6-9-16-37)31-43(32-42)49-33-40(27-28-55-49)38-23-25-44(26-24-38)54(3,4)5;/h6-31,33-34,58H,1-5H3;/q-1;/i1D3,2D3,3D3,4D3,5D3,23D,24D,25D,26D;. The Balaban J connectivity index is 0.00000803. The summed E-state index contributed by atoms with van der Waals surface area (Å²) >= 11 is 0. The summed E-state index contributed by atoms with van der Waals surface area (Å²) in [5, 5.41) is 11.4. The van der Waals surface area contributed by atoms with E-state index in [1.54, 1.807) is 83.4 Å². The van der Waals surface area contributed by atoms with Crippen molar-refractivity contribution < 1.29 is 52.2 Å². The fraction of sp³-hybridized carbons (Fsp3) is 0.111. The number of phenols is 1. The minimum Gasteiger partial charge on any atom is -0.507 e. The second-order valence-electron chi connectivity index (χ2n) is 13.7. The predicted octanol–water partition coefficient (Wildman–Crippen LogP) is 13.8. The van der Waals surface area contributed by atoms with E-state index in [1.807, 2.05) is 36.4 Å². The Hall–Kier alpha value is -6.35. The number of nitrogens with zero attached hydrogens (tertiary/aromatic N) is 3. The van der Waals surface area contributed by atoms with E-state index < -0.39 is 80.5 Å². The Bertz CT molecular complexity index is 3690. The number of hydrogen-bond acceptors (Lipinski definition) is 3. The van der Waals surface area contributed by atoms with Gasteiger partial charge in [-0.2, -0.15) is 0 Å². The Labute approximate surface area is 387 Å². The number of fused-ring (bicyclic) bond motifs is 1. The molecule has 9 aromatic rings. The van der Waals surface area contributed by atoms with Crippen LogP contribution in [0.4, 0.5) is 0 Å². The van der Waals surface area contributed by atoms with Gasteiger partial charge in [-0.15, -0.1) is 23.8 Å². The number of benzene rings is 7. The Morgan fingerprint density at radius 2 is 1.34 bits per heavy atom. The molecule has 1 N–H and O–H groups in total. The maximum atomic E-state index is 11.4. The third kappa shape index (κ3) is 7.69. The van der Waals surface area contributed by atoms with Crippen molar-refractivity contribution in [3.8, 4) is 78.6 Å². The monoisotopic (exact) mass is 964 g/mol. The van der Waals surface area contributed by atoms with Crippen LogP contribution in [0, 0.1) is 19.8 Å². The largest absolute Gasteiger partial charge is 0.507 e. The molecule has 5 heteroatoms. The molecule has 0 saturated heterocycles. The Kier molecular flexibility index (Phi) is 6.20. The van der Waals surface area contributed by atoms with E-state index in [9.17, 15) is 5.11 Å². The molecule has 0 aliphatic rings. The summed E-state index contributed by atoms with van der Waals surface area (Å²) in [5.74, 6) is 0.0220. The molecule has 0 saturated carbocycles. The average Bonchev–Trinajstić information content (AvgIpc) is 3.91. The van der Waals surface area contributed by atoms with Gasteiger partial charge in [-0.1, -0.05) is 152 Å². The number of hydrogen-bond donors (Lipinski definition) is 1. The molecule has 0 fully saturated rings. The number of rotatable bonds is 7. The van der Waals surface area contributed by atoms with E-state index in [-0.39, 0.29) is 66.3 Å². The molecule has 0 unspecified atom stereocenters. The summed E-state index contributed by atoms with van der Waals surface area (Å²) in [6.45, 7) is -17.3. The van der Waals surface area contributed by atoms with Crippen LogP contribution < -0.4 is 0 Å². The van der Waals surface area contributed by atoms with Gasteiger partial charge in [0.05, 0.1) is 22.1 Å². The van der Waals surface area contributed by atoms with Crippen molar-refractivity contribution in [3.05, 3.63) is 193 Å². The summed E-state index contributed by atoms with van der Waals surface area (Å²) in [4.78, 5) is 9.77. The van der Waals surface area contributed by atoms with Gasteiger partial charge in [0.25, 0.3) is 0 Å². The molecule has 0 aliphatic heterocycles. The van der Waals surface area contributed by atoms with Gasteiger partial charge in [-0.05, 0) is 100 Å². The summed E-state index contributed by atoms with van der Waals surface area (Å²) in [6, 6.07) is 38.3. The number of pyridine rings is 1. The first kappa shape index (κ1) is 22.7. The molecular weight excluding hydrogens is 902 g/mol. The maximum absolute atomic E-state index is 11.4. The van der Waals surface area contributed by atoms with Crippen LogP contribution in [0.3, 0.4) is 0 Å². The topological polar surface area (TPSA) is 50.9 Å². The molecule has 0 radical (unpaired) electrons. The van der Waals surface area contributed by atoms with Crippen LogP contribution in [0.1, 0.15) is 63.3 Å². The molecule has 4 nitrogen and oxygen atoms in total. The van der Waals surface area contributed by atoms with Crippen LogP contribution in [0.25, 0.3) is 83.9 Å². The summed E-state index contributed by atoms with van der Waals surface area (Å²) in [6.07, 6.45) is 1.33. The Morgan fingerprint density at radius 3 is 2.07 bits per heavy atom. The molecule has 9 rings (SSSR count). The molecular formula is C54H44N3OPt-. The number of aromatic nitrogens is 3. The number of phenolic OH excluding ortho intramolecular Hbond substituents is 1. The SMILES string of the molecule is [2H]c1c([2H])c(C(C([2H])([2H])[2H])(C([2H])([2H])[2H])C([2H])([2H])[2H])c([2H])c([2H])c1-c1ccnc(-c2[c-]c(-c3cccc4c3nc(-c3ccccc3O)n4-c3cc(-c4ccccc4)c(C([2H])([2H])[2H])c(C([2H])([2H])[2H])c3)cc(-c3ccccc3)c2)c1.[Pt]. The molecule has 0 atom stereocenters. The maximum Gasteiger partial charge on any atom is 0.148 e. The van der Waals surface area contributed by atoms with Gasteiger partial charge in [-0.3, -0.25) is 9.55 Å². The predicted molar refractivity (Wildman–Crippen MR) is 240 cm³/mol. The van der Waals surface area contributed by atoms with Crippen molar-refractivity contribution in [3.63, 3.8) is 0 Å². The van der Waals surface area contributed by atoms with Crippen molar-refractivity contribution >= 4 is 11.0 Å². The molecule has 2 heterocycles. The fourth-order valence-electron chi connectivity index (χ4n) is 7.05. The normalized spacial score (nSPS) is 17.2. The van der Waals surface area contributed by atoms with Crippen LogP contribution in [-0.4, -0.2) is 19.6 Å². The van der Waals surface area contributed by atoms with E-state index in [0.717, 1.165) is 5.56 Å². The third-order valence-corrected chi connectivity index (χ3v) is 9.89. The van der Waals surface area contributed by atoms with Gasteiger partial charge in [0.1, 0.15) is 11.6 Å². The van der Waals surface area contributed by atoms with Crippen molar-refractivity contribution in [2.75, 3.05) is 0 Å². The molecule has 0 bridgehead atoms. The molecule has 292 valence electrons. The summed E-state index contributed by atoms with van der Waals surface area (Å²) < 4.78 is 163. The second-order valence-corrected chi connectivity index (χ2v) is 13.7. The molecule has 0 aliphatic carbocycles. The van der Waals surface area contributed by atoms with Crippen molar-refractivity contribution in [1.29, 1.82) is 0 Å². The van der Waals surface area contributed by atoms with Gasteiger partial charge < -0.3 is 5.11 Å². The minimum atomic E-state index is -3.86. The van der Waals surface area contributed by atoms with Crippen LogP contribution in [0.5, 0.6) is 5.75 Å². The fourth-order valence-corrected chi connectivity index (χ4v) is 7.05. The smallest absolute Gasteiger partial charge is 0.148 e. The van der Waals surface area contributed by atoms with E-state index >= 15 is 0 Å². The van der Waals surface area contributed by atoms with Crippen LogP contribution in [-0.2, 0) is 26.5 Å². The zero-order chi connectivity index (χ0) is 55.9. The van der Waals surface area contributed by atoms with E-state index in [1.165, 1.54) is 30.5 Å². The van der Waals surface area contributed by atoms with Gasteiger partial charge >= 0.3 is 0 Å². The molecule has 59 heavy (non-hydrogen) atoms. The Morgan fingerprint density at radius 1 is 0.627 bits per heavy atom. The van der Waals surface area contributed by atoms with Gasteiger partial charge in [0.15, 0.2) is 0 Å². The van der Waals surface area contributed by atoms with Gasteiger partial charge in [0.2, 0.25) is 0 Å². The van der Waals surface area contributed by atoms with Crippen molar-refractivity contribution in [2.24, 2.45) is 0 Å². The quantitative estimate of drug-likeness (QED) is 0.162. The van der Waals surface area contributed by atoms with Crippen LogP contribution in [0.2, 0.25) is 0 Å². The number of imidazole rings is 1.